The van der Waals surface area contributed by atoms with Gasteiger partial charge in [0.2, 0.25) is 0 Å². The molecule has 0 amide bonds. The first-order chi connectivity index (χ1) is 10.1. The van der Waals surface area contributed by atoms with E-state index in [0.29, 0.717) is 18.8 Å². The molecule has 0 radical (unpaired) electrons. The first-order valence-corrected chi connectivity index (χ1v) is 7.24. The van der Waals surface area contributed by atoms with Crippen molar-refractivity contribution in [2.24, 2.45) is 0 Å². The highest BCUT2D eigenvalue weighted by Crippen LogP contribution is 2.12. The molecular formula is C15H23N5O. The third-order valence-electron chi connectivity index (χ3n) is 3.85. The van der Waals surface area contributed by atoms with Crippen LogP contribution in [-0.4, -0.2) is 79.4 Å². The van der Waals surface area contributed by atoms with Gasteiger partial charge in [-0.1, -0.05) is 0 Å². The maximum atomic E-state index is 10.2. The van der Waals surface area contributed by atoms with Crippen LogP contribution in [0, 0.1) is 11.3 Å². The molecule has 1 N–H and O–H groups in total. The maximum absolute atomic E-state index is 10.2. The standard InChI is InChI=1S/C15H23N5O/c1-18-5-7-20(8-6-18)12-15(21)11-19(2)14-4-3-13(9-16)17-10-14/h3-4,10,15,21H,5-8,11-12H2,1-2H3/t15-/m0/s1. The number of aliphatic hydroxyl groups excluding tert-OH is 1. The molecule has 0 aromatic carbocycles. The molecule has 0 unspecified atom stereocenters. The molecule has 1 aliphatic rings. The van der Waals surface area contributed by atoms with Crippen LogP contribution in [0.3, 0.4) is 0 Å². The summed E-state index contributed by atoms with van der Waals surface area (Å²) in [5.41, 5.74) is 1.32. The summed E-state index contributed by atoms with van der Waals surface area (Å²) >= 11 is 0. The Morgan fingerprint density at radius 2 is 2.10 bits per heavy atom. The highest BCUT2D eigenvalue weighted by molar-refractivity contribution is 5.45. The van der Waals surface area contributed by atoms with Gasteiger partial charge in [-0.05, 0) is 19.2 Å². The molecule has 6 heteroatoms. The number of hydrogen-bond donors (Lipinski definition) is 1. The summed E-state index contributed by atoms with van der Waals surface area (Å²) in [5.74, 6) is 0. The van der Waals surface area contributed by atoms with E-state index in [1.165, 1.54) is 0 Å². The first-order valence-electron chi connectivity index (χ1n) is 7.24. The number of β-amino-alcohol motifs (C(OH)–C–C–N with tert-alkyl or cyclic N) is 1. The van der Waals surface area contributed by atoms with Crippen molar-refractivity contribution in [1.29, 1.82) is 5.26 Å². The second-order valence-electron chi connectivity index (χ2n) is 5.65. The van der Waals surface area contributed by atoms with Gasteiger partial charge in [0, 0.05) is 46.3 Å². The van der Waals surface area contributed by atoms with E-state index >= 15 is 0 Å². The van der Waals surface area contributed by atoms with Crippen molar-refractivity contribution in [2.75, 3.05) is 58.3 Å². The predicted molar refractivity (Wildman–Crippen MR) is 82.2 cm³/mol. The van der Waals surface area contributed by atoms with Gasteiger partial charge < -0.3 is 14.9 Å². The summed E-state index contributed by atoms with van der Waals surface area (Å²) in [6.07, 6.45) is 1.27. The van der Waals surface area contributed by atoms with Crippen LogP contribution in [-0.2, 0) is 0 Å². The lowest BCUT2D eigenvalue weighted by atomic mass is 10.2. The number of pyridine rings is 1. The van der Waals surface area contributed by atoms with Gasteiger partial charge in [-0.2, -0.15) is 5.26 Å². The molecule has 21 heavy (non-hydrogen) atoms. The SMILES string of the molecule is CN1CCN(C[C@@H](O)CN(C)c2ccc(C#N)nc2)CC1. The molecule has 1 aromatic rings. The molecule has 0 spiro atoms. The van der Waals surface area contributed by atoms with Crippen LogP contribution in [0.2, 0.25) is 0 Å². The zero-order chi connectivity index (χ0) is 15.2. The molecule has 0 aliphatic carbocycles. The number of anilines is 1. The molecule has 1 atom stereocenters. The van der Waals surface area contributed by atoms with E-state index in [2.05, 4.69) is 21.8 Å². The minimum atomic E-state index is -0.394. The van der Waals surface area contributed by atoms with Gasteiger partial charge in [-0.25, -0.2) is 4.98 Å². The van der Waals surface area contributed by atoms with E-state index in [0.717, 1.165) is 31.9 Å². The van der Waals surface area contributed by atoms with Crippen LogP contribution >= 0.6 is 0 Å². The number of aliphatic hydroxyl groups is 1. The fraction of sp³-hybridized carbons (Fsp3) is 0.600. The summed E-state index contributed by atoms with van der Waals surface area (Å²) in [6.45, 7) is 5.39. The molecular weight excluding hydrogens is 266 g/mol. The van der Waals surface area contributed by atoms with Crippen molar-refractivity contribution in [1.82, 2.24) is 14.8 Å². The summed E-state index contributed by atoms with van der Waals surface area (Å²) in [7, 11) is 4.05. The van der Waals surface area contributed by atoms with Crippen LogP contribution in [0.25, 0.3) is 0 Å². The lowest BCUT2D eigenvalue weighted by Crippen LogP contribution is -2.48. The van der Waals surface area contributed by atoms with E-state index in [1.54, 1.807) is 12.3 Å². The summed E-state index contributed by atoms with van der Waals surface area (Å²) in [6, 6.07) is 5.55. The maximum Gasteiger partial charge on any atom is 0.140 e. The van der Waals surface area contributed by atoms with Crippen molar-refractivity contribution in [3.05, 3.63) is 24.0 Å². The van der Waals surface area contributed by atoms with Crippen LogP contribution in [0.1, 0.15) is 5.69 Å². The average Bonchev–Trinajstić information content (AvgIpc) is 2.49. The fourth-order valence-corrected chi connectivity index (χ4v) is 2.49. The third kappa shape index (κ3) is 4.67. The second kappa shape index (κ2) is 7.36. The quantitative estimate of drug-likeness (QED) is 0.823. The molecule has 1 aromatic heterocycles. The Kier molecular flexibility index (Phi) is 5.51. The zero-order valence-electron chi connectivity index (χ0n) is 12.7. The summed E-state index contributed by atoms with van der Waals surface area (Å²) in [4.78, 5) is 10.6. The lowest BCUT2D eigenvalue weighted by molar-refractivity contribution is 0.0843. The molecule has 1 saturated heterocycles. The highest BCUT2D eigenvalue weighted by Gasteiger charge is 2.18. The van der Waals surface area contributed by atoms with Gasteiger partial charge in [0.1, 0.15) is 11.8 Å². The Hall–Kier alpha value is -1.68. The van der Waals surface area contributed by atoms with Gasteiger partial charge in [-0.15, -0.1) is 0 Å². The van der Waals surface area contributed by atoms with Crippen molar-refractivity contribution >= 4 is 5.69 Å². The second-order valence-corrected chi connectivity index (χ2v) is 5.65. The van der Waals surface area contributed by atoms with E-state index < -0.39 is 6.10 Å². The number of piperazine rings is 1. The average molecular weight is 289 g/mol. The normalized spacial score (nSPS) is 18.2. The van der Waals surface area contributed by atoms with Gasteiger partial charge in [-0.3, -0.25) is 4.90 Å². The number of hydrogen-bond acceptors (Lipinski definition) is 6. The Balaban J connectivity index is 1.81. The van der Waals surface area contributed by atoms with E-state index in [-0.39, 0.29) is 0 Å². The van der Waals surface area contributed by atoms with Crippen molar-refractivity contribution in [3.8, 4) is 6.07 Å². The topological polar surface area (TPSA) is 66.6 Å². The van der Waals surface area contributed by atoms with Gasteiger partial charge in [0.25, 0.3) is 0 Å². The van der Waals surface area contributed by atoms with Gasteiger partial charge in [0.15, 0.2) is 0 Å². The predicted octanol–water partition coefficient (Wildman–Crippen LogP) is -0.00222. The van der Waals surface area contributed by atoms with Crippen LogP contribution in [0.15, 0.2) is 18.3 Å². The van der Waals surface area contributed by atoms with Crippen LogP contribution in [0.4, 0.5) is 5.69 Å². The largest absolute Gasteiger partial charge is 0.390 e. The molecule has 1 aliphatic heterocycles. The number of aromatic nitrogens is 1. The minimum Gasteiger partial charge on any atom is -0.390 e. The number of rotatable bonds is 5. The zero-order valence-corrected chi connectivity index (χ0v) is 12.7. The van der Waals surface area contributed by atoms with Crippen molar-refractivity contribution in [3.63, 3.8) is 0 Å². The molecule has 6 nitrogen and oxygen atoms in total. The lowest BCUT2D eigenvalue weighted by Gasteiger charge is -2.34. The van der Waals surface area contributed by atoms with E-state index in [4.69, 9.17) is 5.26 Å². The molecule has 114 valence electrons. The Morgan fingerprint density at radius 1 is 1.38 bits per heavy atom. The Bertz CT molecular complexity index is 476. The van der Waals surface area contributed by atoms with Gasteiger partial charge in [0.05, 0.1) is 18.0 Å². The highest BCUT2D eigenvalue weighted by atomic mass is 16.3. The first kappa shape index (κ1) is 15.7. The minimum absolute atomic E-state index is 0.394. The van der Waals surface area contributed by atoms with Crippen molar-refractivity contribution < 1.29 is 5.11 Å². The molecule has 2 heterocycles. The van der Waals surface area contributed by atoms with E-state index in [1.807, 2.05) is 24.1 Å². The number of nitriles is 1. The van der Waals surface area contributed by atoms with Crippen LogP contribution in [0.5, 0.6) is 0 Å². The third-order valence-corrected chi connectivity index (χ3v) is 3.85. The van der Waals surface area contributed by atoms with E-state index in [9.17, 15) is 5.11 Å². The molecule has 1 fully saturated rings. The molecule has 2 rings (SSSR count). The summed E-state index contributed by atoms with van der Waals surface area (Å²) < 4.78 is 0. The summed E-state index contributed by atoms with van der Waals surface area (Å²) in [5, 5.41) is 19.0. The monoisotopic (exact) mass is 289 g/mol. The van der Waals surface area contributed by atoms with Crippen LogP contribution < -0.4 is 4.90 Å². The number of likely N-dealkylation sites (N-methyl/N-ethyl adjacent to an activating group) is 2. The number of nitrogens with zero attached hydrogens (tertiary/aromatic N) is 5. The van der Waals surface area contributed by atoms with Gasteiger partial charge >= 0.3 is 0 Å². The molecule has 0 bridgehead atoms. The van der Waals surface area contributed by atoms with Crippen molar-refractivity contribution in [2.45, 2.75) is 6.10 Å². The smallest absolute Gasteiger partial charge is 0.140 e. The Morgan fingerprint density at radius 3 is 2.67 bits per heavy atom. The molecule has 0 saturated carbocycles. The fourth-order valence-electron chi connectivity index (χ4n) is 2.49. The Labute approximate surface area is 126 Å².